The maximum absolute atomic E-state index is 13.9. The second kappa shape index (κ2) is 9.90. The largest absolute Gasteiger partial charge is 0.494 e. The normalized spacial score (nSPS) is 10.7. The number of ether oxygens (including phenoxy) is 2. The summed E-state index contributed by atoms with van der Waals surface area (Å²) in [7, 11) is 1.36. The number of hydrogen-bond acceptors (Lipinski definition) is 6. The van der Waals surface area contributed by atoms with Crippen molar-refractivity contribution in [2.24, 2.45) is 0 Å². The van der Waals surface area contributed by atoms with Crippen molar-refractivity contribution < 1.29 is 23.5 Å². The number of rotatable bonds is 8. The fourth-order valence-electron chi connectivity index (χ4n) is 3.17. The number of carbonyl (C=O) groups is 2. The molecule has 0 aliphatic rings. The van der Waals surface area contributed by atoms with Crippen LogP contribution in [0.15, 0.2) is 52.1 Å². The van der Waals surface area contributed by atoms with Crippen LogP contribution in [0.25, 0.3) is 10.8 Å². The van der Waals surface area contributed by atoms with Gasteiger partial charge in [0.1, 0.15) is 6.54 Å². The molecule has 2 aromatic carbocycles. The molecule has 0 aliphatic carbocycles. The Hall–Kier alpha value is -3.95. The zero-order valence-electron chi connectivity index (χ0n) is 17.6. The molecule has 168 valence electrons. The number of H-pyrrole nitrogens is 1. The Balaban J connectivity index is 1.62. The second-order valence-corrected chi connectivity index (χ2v) is 6.92. The molecule has 32 heavy (non-hydrogen) atoms. The van der Waals surface area contributed by atoms with Crippen molar-refractivity contribution in [3.63, 3.8) is 0 Å². The van der Waals surface area contributed by atoms with Crippen molar-refractivity contribution in [2.45, 2.75) is 20.0 Å². The second-order valence-electron chi connectivity index (χ2n) is 6.92. The van der Waals surface area contributed by atoms with Crippen LogP contribution in [0.4, 0.5) is 4.39 Å². The summed E-state index contributed by atoms with van der Waals surface area (Å²) < 4.78 is 24.6. The van der Waals surface area contributed by atoms with Gasteiger partial charge in [-0.2, -0.15) is 0 Å². The number of amides is 1. The zero-order valence-corrected chi connectivity index (χ0v) is 17.6. The van der Waals surface area contributed by atoms with Gasteiger partial charge in [-0.1, -0.05) is 18.2 Å². The lowest BCUT2D eigenvalue weighted by atomic mass is 10.2. The lowest BCUT2D eigenvalue weighted by Gasteiger charge is -2.21. The molecule has 3 rings (SSSR count). The predicted molar refractivity (Wildman–Crippen MR) is 114 cm³/mol. The molecule has 1 N–H and O–H groups in total. The lowest BCUT2D eigenvalue weighted by molar-refractivity contribution is -0.152. The molecule has 0 saturated heterocycles. The summed E-state index contributed by atoms with van der Waals surface area (Å²) in [5, 5.41) is 2.71. The van der Waals surface area contributed by atoms with Crippen LogP contribution in [0.3, 0.4) is 0 Å². The van der Waals surface area contributed by atoms with E-state index in [1.54, 1.807) is 25.1 Å². The number of nitrogens with zero attached hydrogens (tertiary/aromatic N) is 2. The highest BCUT2D eigenvalue weighted by atomic mass is 19.1. The van der Waals surface area contributed by atoms with Crippen LogP contribution in [-0.2, 0) is 27.4 Å². The molecule has 10 heteroatoms. The molecule has 0 unspecified atom stereocenters. The number of benzene rings is 2. The summed E-state index contributed by atoms with van der Waals surface area (Å²) >= 11 is 0. The lowest BCUT2D eigenvalue weighted by Crippen LogP contribution is -2.36. The van der Waals surface area contributed by atoms with Crippen LogP contribution in [0, 0.1) is 5.82 Å². The van der Waals surface area contributed by atoms with E-state index < -0.39 is 42.0 Å². The minimum atomic E-state index is -0.863. The van der Waals surface area contributed by atoms with Gasteiger partial charge in [0.2, 0.25) is 0 Å². The van der Waals surface area contributed by atoms with Crippen molar-refractivity contribution in [2.75, 3.05) is 20.3 Å². The Labute approximate surface area is 182 Å². The highest BCUT2D eigenvalue weighted by molar-refractivity contribution is 5.82. The molecule has 1 heterocycles. The number of aromatic nitrogens is 2. The Morgan fingerprint density at radius 1 is 1.12 bits per heavy atom. The third-order valence-corrected chi connectivity index (χ3v) is 4.85. The standard InChI is InChI=1S/C22H22FN3O6/c1-3-25(11-14-8-9-18(31-2)17(23)10-14)19(27)13-32-20(28)12-26-22(30)16-7-5-4-6-15(16)21(29)24-26/h4-10H,3,11-13H2,1-2H3,(H,24,29). The monoisotopic (exact) mass is 443 g/mol. The number of esters is 1. The van der Waals surface area contributed by atoms with Gasteiger partial charge in [-0.15, -0.1) is 0 Å². The molecule has 0 spiro atoms. The fraction of sp³-hybridized carbons (Fsp3) is 0.273. The minimum Gasteiger partial charge on any atom is -0.494 e. The molecule has 0 fully saturated rings. The van der Waals surface area contributed by atoms with Gasteiger partial charge >= 0.3 is 5.97 Å². The average molecular weight is 443 g/mol. The molecule has 0 radical (unpaired) electrons. The molecule has 0 saturated carbocycles. The summed E-state index contributed by atoms with van der Waals surface area (Å²) in [6.45, 7) is 1.05. The van der Waals surface area contributed by atoms with Gasteiger partial charge in [0.05, 0.1) is 17.9 Å². The number of carbonyl (C=O) groups excluding carboxylic acids is 2. The van der Waals surface area contributed by atoms with E-state index in [1.165, 1.54) is 36.3 Å². The van der Waals surface area contributed by atoms with E-state index in [1.807, 2.05) is 0 Å². The van der Waals surface area contributed by atoms with E-state index >= 15 is 0 Å². The maximum atomic E-state index is 13.9. The van der Waals surface area contributed by atoms with E-state index in [2.05, 4.69) is 5.10 Å². The first-order valence-corrected chi connectivity index (χ1v) is 9.81. The van der Waals surface area contributed by atoms with Crippen LogP contribution >= 0.6 is 0 Å². The van der Waals surface area contributed by atoms with Gasteiger partial charge in [-0.25, -0.2) is 9.07 Å². The third-order valence-electron chi connectivity index (χ3n) is 4.85. The Kier molecular flexibility index (Phi) is 7.04. The Morgan fingerprint density at radius 2 is 1.84 bits per heavy atom. The van der Waals surface area contributed by atoms with Gasteiger partial charge in [0.25, 0.3) is 17.0 Å². The van der Waals surface area contributed by atoms with E-state index in [9.17, 15) is 23.6 Å². The van der Waals surface area contributed by atoms with Crippen molar-refractivity contribution in [1.82, 2.24) is 14.7 Å². The van der Waals surface area contributed by atoms with Gasteiger partial charge in [0, 0.05) is 13.1 Å². The van der Waals surface area contributed by atoms with Crippen LogP contribution in [0.5, 0.6) is 5.75 Å². The summed E-state index contributed by atoms with van der Waals surface area (Å²) in [6, 6.07) is 10.6. The first-order chi connectivity index (χ1) is 15.3. The van der Waals surface area contributed by atoms with Crippen molar-refractivity contribution >= 4 is 22.6 Å². The molecule has 0 aliphatic heterocycles. The fourth-order valence-corrected chi connectivity index (χ4v) is 3.17. The van der Waals surface area contributed by atoms with E-state index in [-0.39, 0.29) is 23.1 Å². The quantitative estimate of drug-likeness (QED) is 0.528. The van der Waals surface area contributed by atoms with Crippen LogP contribution in [0.2, 0.25) is 0 Å². The summed E-state index contributed by atoms with van der Waals surface area (Å²) in [5.74, 6) is -1.80. The molecule has 0 bridgehead atoms. The van der Waals surface area contributed by atoms with Gasteiger partial charge in [0.15, 0.2) is 18.2 Å². The number of likely N-dealkylation sites (N-methyl/N-ethyl adjacent to an activating group) is 1. The highest BCUT2D eigenvalue weighted by Crippen LogP contribution is 2.18. The van der Waals surface area contributed by atoms with Gasteiger partial charge < -0.3 is 14.4 Å². The highest BCUT2D eigenvalue weighted by Gasteiger charge is 2.17. The van der Waals surface area contributed by atoms with Crippen molar-refractivity contribution in [3.05, 3.63) is 74.6 Å². The minimum absolute atomic E-state index is 0.0963. The number of nitrogens with one attached hydrogen (secondary N) is 1. The summed E-state index contributed by atoms with van der Waals surface area (Å²) in [5.41, 5.74) is -0.529. The molecule has 1 amide bonds. The predicted octanol–water partition coefficient (Wildman–Crippen LogP) is 1.43. The first-order valence-electron chi connectivity index (χ1n) is 9.81. The topological polar surface area (TPSA) is 111 Å². The number of methoxy groups -OCH3 is 1. The first kappa shape index (κ1) is 22.7. The molecular weight excluding hydrogens is 421 g/mol. The smallest absolute Gasteiger partial charge is 0.328 e. The number of aromatic amines is 1. The van der Waals surface area contributed by atoms with E-state index in [0.717, 1.165) is 4.68 Å². The molecule has 0 atom stereocenters. The Bertz CT molecular complexity index is 1270. The molecule has 3 aromatic rings. The number of fused-ring (bicyclic) bond motifs is 1. The molecule has 9 nitrogen and oxygen atoms in total. The average Bonchev–Trinajstić information content (AvgIpc) is 2.79. The maximum Gasteiger partial charge on any atom is 0.328 e. The van der Waals surface area contributed by atoms with Gasteiger partial charge in [-0.3, -0.25) is 24.3 Å². The van der Waals surface area contributed by atoms with Crippen LogP contribution in [0.1, 0.15) is 12.5 Å². The van der Waals surface area contributed by atoms with Crippen LogP contribution < -0.4 is 15.9 Å². The number of hydrogen-bond donors (Lipinski definition) is 1. The summed E-state index contributed by atoms with van der Waals surface area (Å²) in [6.07, 6.45) is 0. The number of halogens is 1. The Morgan fingerprint density at radius 3 is 2.50 bits per heavy atom. The zero-order chi connectivity index (χ0) is 23.3. The molecule has 1 aromatic heterocycles. The van der Waals surface area contributed by atoms with Gasteiger partial charge in [-0.05, 0) is 36.8 Å². The van der Waals surface area contributed by atoms with Crippen molar-refractivity contribution in [1.29, 1.82) is 0 Å². The van der Waals surface area contributed by atoms with E-state index in [0.29, 0.717) is 12.1 Å². The van der Waals surface area contributed by atoms with Crippen LogP contribution in [-0.4, -0.2) is 46.8 Å². The molecular formula is C22H22FN3O6. The van der Waals surface area contributed by atoms with E-state index in [4.69, 9.17) is 9.47 Å². The summed E-state index contributed by atoms with van der Waals surface area (Å²) in [4.78, 5) is 50.6. The third kappa shape index (κ3) is 5.02. The SMILES string of the molecule is CCN(Cc1ccc(OC)c(F)c1)C(=O)COC(=O)Cn1[nH]c(=O)c2ccccc2c1=O. The van der Waals surface area contributed by atoms with Crippen molar-refractivity contribution in [3.8, 4) is 5.75 Å².